The first kappa shape index (κ1) is 16.2. The molecule has 1 amide bonds. The Bertz CT molecular complexity index is 363. The number of piperazine rings is 1. The van der Waals surface area contributed by atoms with Crippen molar-refractivity contribution >= 4 is 5.91 Å². The van der Waals surface area contributed by atoms with Gasteiger partial charge >= 0.3 is 0 Å². The van der Waals surface area contributed by atoms with E-state index in [1.54, 1.807) is 0 Å². The number of amides is 1. The van der Waals surface area contributed by atoms with Crippen LogP contribution in [0.4, 0.5) is 0 Å². The van der Waals surface area contributed by atoms with Crippen molar-refractivity contribution in [1.82, 2.24) is 14.7 Å². The number of hydrogen-bond acceptors (Lipinski definition) is 4. The number of likely N-dealkylation sites (N-methyl/N-ethyl adjacent to an activating group) is 1. The fourth-order valence-corrected chi connectivity index (χ4v) is 4.10. The number of rotatable bonds is 4. The third-order valence-corrected chi connectivity index (χ3v) is 5.53. The number of ether oxygens (including phenoxy) is 1. The number of likely N-dealkylation sites (tertiary alicyclic amines) is 1. The highest BCUT2D eigenvalue weighted by atomic mass is 16.5. The Hall–Kier alpha value is -0.650. The molecule has 0 spiro atoms. The van der Waals surface area contributed by atoms with Gasteiger partial charge in [-0.15, -0.1) is 0 Å². The average Bonchev–Trinajstić information content (AvgIpc) is 3.08. The quantitative estimate of drug-likeness (QED) is 0.777. The molecule has 0 unspecified atom stereocenters. The van der Waals surface area contributed by atoms with Gasteiger partial charge in [0.1, 0.15) is 0 Å². The van der Waals surface area contributed by atoms with Gasteiger partial charge in [0.25, 0.3) is 0 Å². The van der Waals surface area contributed by atoms with Crippen LogP contribution in [0.1, 0.15) is 32.6 Å². The summed E-state index contributed by atoms with van der Waals surface area (Å²) in [5.41, 5.74) is 0. The van der Waals surface area contributed by atoms with Gasteiger partial charge in [-0.05, 0) is 38.3 Å². The lowest BCUT2D eigenvalue weighted by atomic mass is 10.0. The topological polar surface area (TPSA) is 36.0 Å². The standard InChI is InChI=1S/C17H31N3O2/c1-2-19-7-4-3-5-16(19)17(21)20-10-8-18(9-11-20)13-15-6-12-22-14-15/h15-16H,2-14H2,1H3/t15-,16-/m1/s1. The lowest BCUT2D eigenvalue weighted by Gasteiger charge is -2.41. The first-order valence-corrected chi connectivity index (χ1v) is 9.11. The molecule has 3 fully saturated rings. The van der Waals surface area contributed by atoms with Crippen LogP contribution in [0.3, 0.4) is 0 Å². The molecular weight excluding hydrogens is 278 g/mol. The molecule has 0 radical (unpaired) electrons. The minimum atomic E-state index is 0.147. The number of carbonyl (C=O) groups excluding carboxylic acids is 1. The monoisotopic (exact) mass is 309 g/mol. The van der Waals surface area contributed by atoms with Gasteiger partial charge in [0.15, 0.2) is 0 Å². The van der Waals surface area contributed by atoms with E-state index < -0.39 is 0 Å². The summed E-state index contributed by atoms with van der Waals surface area (Å²) < 4.78 is 5.46. The van der Waals surface area contributed by atoms with Gasteiger partial charge in [-0.3, -0.25) is 14.6 Å². The van der Waals surface area contributed by atoms with E-state index in [1.807, 2.05) is 0 Å². The Labute approximate surface area is 134 Å². The van der Waals surface area contributed by atoms with Crippen LogP contribution in [-0.4, -0.2) is 85.7 Å². The molecule has 0 aromatic carbocycles. The van der Waals surface area contributed by atoms with Crippen molar-refractivity contribution in [3.05, 3.63) is 0 Å². The molecule has 0 bridgehead atoms. The van der Waals surface area contributed by atoms with Crippen LogP contribution in [0.5, 0.6) is 0 Å². The molecule has 0 N–H and O–H groups in total. The molecule has 3 aliphatic rings. The van der Waals surface area contributed by atoms with E-state index in [-0.39, 0.29) is 6.04 Å². The predicted molar refractivity (Wildman–Crippen MR) is 86.8 cm³/mol. The molecule has 3 rings (SSSR count). The third-order valence-electron chi connectivity index (χ3n) is 5.53. The maximum atomic E-state index is 12.8. The van der Waals surface area contributed by atoms with Crippen molar-refractivity contribution in [2.75, 3.05) is 59.0 Å². The second-order valence-corrected chi connectivity index (χ2v) is 7.00. The molecule has 3 saturated heterocycles. The van der Waals surface area contributed by atoms with Gasteiger partial charge in [0.05, 0.1) is 12.6 Å². The molecule has 0 aromatic rings. The van der Waals surface area contributed by atoms with Crippen molar-refractivity contribution in [2.24, 2.45) is 5.92 Å². The van der Waals surface area contributed by atoms with E-state index in [1.165, 1.54) is 19.3 Å². The second kappa shape index (κ2) is 7.75. The summed E-state index contributed by atoms with van der Waals surface area (Å²) in [5, 5.41) is 0. The fourth-order valence-electron chi connectivity index (χ4n) is 4.10. The summed E-state index contributed by atoms with van der Waals surface area (Å²) in [4.78, 5) is 19.8. The van der Waals surface area contributed by atoms with Crippen LogP contribution >= 0.6 is 0 Å². The first-order valence-electron chi connectivity index (χ1n) is 9.11. The van der Waals surface area contributed by atoms with E-state index >= 15 is 0 Å². The van der Waals surface area contributed by atoms with E-state index in [4.69, 9.17) is 4.74 Å². The van der Waals surface area contributed by atoms with Crippen molar-refractivity contribution < 1.29 is 9.53 Å². The minimum absolute atomic E-state index is 0.147. The summed E-state index contributed by atoms with van der Waals surface area (Å²) in [6.07, 6.45) is 4.70. The number of carbonyl (C=O) groups is 1. The molecule has 3 aliphatic heterocycles. The van der Waals surface area contributed by atoms with Gasteiger partial charge < -0.3 is 9.64 Å². The molecule has 5 heteroatoms. The Balaban J connectivity index is 1.46. The van der Waals surface area contributed by atoms with Gasteiger partial charge in [0, 0.05) is 39.3 Å². The molecule has 22 heavy (non-hydrogen) atoms. The summed E-state index contributed by atoms with van der Waals surface area (Å²) in [5.74, 6) is 1.08. The van der Waals surface area contributed by atoms with Gasteiger partial charge in [-0.25, -0.2) is 0 Å². The Kier molecular flexibility index (Phi) is 5.71. The van der Waals surface area contributed by atoms with Crippen molar-refractivity contribution in [1.29, 1.82) is 0 Å². The zero-order valence-electron chi connectivity index (χ0n) is 14.0. The second-order valence-electron chi connectivity index (χ2n) is 7.00. The van der Waals surface area contributed by atoms with Crippen LogP contribution in [0.2, 0.25) is 0 Å². The van der Waals surface area contributed by atoms with Crippen LogP contribution in [0.15, 0.2) is 0 Å². The third kappa shape index (κ3) is 3.81. The number of piperidine rings is 1. The summed E-state index contributed by atoms with van der Waals surface area (Å²) >= 11 is 0. The highest BCUT2D eigenvalue weighted by molar-refractivity contribution is 5.82. The van der Waals surface area contributed by atoms with Gasteiger partial charge in [0.2, 0.25) is 5.91 Å². The maximum absolute atomic E-state index is 12.8. The SMILES string of the molecule is CCN1CCCC[C@@H]1C(=O)N1CCN(C[C@H]2CCOC2)CC1. The number of hydrogen-bond donors (Lipinski definition) is 0. The molecule has 0 aromatic heterocycles. The Morgan fingerprint density at radius 3 is 2.59 bits per heavy atom. The van der Waals surface area contributed by atoms with Gasteiger partial charge in [-0.1, -0.05) is 13.3 Å². The molecule has 126 valence electrons. The Morgan fingerprint density at radius 2 is 1.91 bits per heavy atom. The maximum Gasteiger partial charge on any atom is 0.240 e. The highest BCUT2D eigenvalue weighted by Crippen LogP contribution is 2.20. The van der Waals surface area contributed by atoms with E-state index in [0.717, 1.165) is 65.4 Å². The van der Waals surface area contributed by atoms with Crippen molar-refractivity contribution in [2.45, 2.75) is 38.6 Å². The largest absolute Gasteiger partial charge is 0.381 e. The predicted octanol–water partition coefficient (Wildman–Crippen LogP) is 1.04. The van der Waals surface area contributed by atoms with Crippen molar-refractivity contribution in [3.8, 4) is 0 Å². The highest BCUT2D eigenvalue weighted by Gasteiger charge is 2.32. The lowest BCUT2D eigenvalue weighted by molar-refractivity contribution is -0.140. The molecular formula is C17H31N3O2. The van der Waals surface area contributed by atoms with E-state index in [0.29, 0.717) is 11.8 Å². The van der Waals surface area contributed by atoms with Crippen LogP contribution in [-0.2, 0) is 9.53 Å². The molecule has 2 atom stereocenters. The van der Waals surface area contributed by atoms with E-state index in [9.17, 15) is 4.79 Å². The normalized spacial score (nSPS) is 31.6. The number of nitrogens with zero attached hydrogens (tertiary/aromatic N) is 3. The van der Waals surface area contributed by atoms with Crippen LogP contribution < -0.4 is 0 Å². The smallest absolute Gasteiger partial charge is 0.240 e. The van der Waals surface area contributed by atoms with Crippen LogP contribution in [0, 0.1) is 5.92 Å². The average molecular weight is 309 g/mol. The van der Waals surface area contributed by atoms with Crippen LogP contribution in [0.25, 0.3) is 0 Å². The van der Waals surface area contributed by atoms with E-state index in [2.05, 4.69) is 21.6 Å². The van der Waals surface area contributed by atoms with Crippen molar-refractivity contribution in [3.63, 3.8) is 0 Å². The summed E-state index contributed by atoms with van der Waals surface area (Å²) in [7, 11) is 0. The van der Waals surface area contributed by atoms with Gasteiger partial charge in [-0.2, -0.15) is 0 Å². The minimum Gasteiger partial charge on any atom is -0.381 e. The summed E-state index contributed by atoms with van der Waals surface area (Å²) in [6.45, 7) is 11.1. The molecule has 5 nitrogen and oxygen atoms in total. The molecule has 0 saturated carbocycles. The fraction of sp³-hybridized carbons (Fsp3) is 0.941. The molecule has 3 heterocycles. The summed E-state index contributed by atoms with van der Waals surface area (Å²) in [6, 6.07) is 0.147. The Morgan fingerprint density at radius 1 is 1.09 bits per heavy atom. The zero-order valence-corrected chi connectivity index (χ0v) is 14.0. The first-order chi connectivity index (χ1) is 10.8. The zero-order chi connectivity index (χ0) is 15.4. The molecule has 0 aliphatic carbocycles. The lowest BCUT2D eigenvalue weighted by Crippen LogP contribution is -2.56.